The summed E-state index contributed by atoms with van der Waals surface area (Å²) in [6, 6.07) is 10.2. The molecule has 0 aliphatic carbocycles. The molecule has 0 atom stereocenters. The molecule has 0 aliphatic rings. The van der Waals surface area contributed by atoms with Crippen LogP contribution in [0.15, 0.2) is 36.4 Å². The number of phenols is 3. The average Bonchev–Trinajstić information content (AvgIpc) is 0.702. The molecule has 0 radical (unpaired) electrons. The Morgan fingerprint density at radius 1 is 0.248 bits per heavy atom. The Bertz CT molecular complexity index is 2770. The molecule has 0 amide bonds. The van der Waals surface area contributed by atoms with E-state index in [1.807, 2.05) is 60.6 Å². The average molecular weight is 1730 g/mol. The Balaban J connectivity index is 2.75. The number of aromatic hydroxyl groups is 3. The van der Waals surface area contributed by atoms with Crippen LogP contribution < -0.4 is 15.9 Å². The smallest absolute Gasteiger partial charge is 0.0654 e. The second-order valence-electron chi connectivity index (χ2n) is 42.0. The van der Waals surface area contributed by atoms with E-state index in [9.17, 15) is 34.9 Å². The molecule has 7 N–H and O–H groups in total. The number of hydrogen-bond acceptors (Lipinski definition) is 8. The zero-order valence-electron chi connectivity index (χ0n) is 83.4. The van der Waals surface area contributed by atoms with Gasteiger partial charge in [-0.15, -0.1) is 0 Å². The molecule has 0 unspecified atom stereocenters. The summed E-state index contributed by atoms with van der Waals surface area (Å²) in [7, 11) is -12.0. The van der Waals surface area contributed by atoms with Gasteiger partial charge >= 0.3 is 523 Å². The fraction of sp³-hybridized carbons (Fsp3) is 0.838. The van der Waals surface area contributed by atoms with E-state index in [2.05, 4.69) is 48.5 Å². The van der Waals surface area contributed by atoms with E-state index in [-0.39, 0.29) is 44.0 Å². The van der Waals surface area contributed by atoms with Crippen LogP contribution in [-0.2, 0) is 20.6 Å². The van der Waals surface area contributed by atoms with E-state index in [4.69, 9.17) is 4.31 Å². The van der Waals surface area contributed by atoms with Crippen molar-refractivity contribution in [3.63, 3.8) is 0 Å². The molecular formula is C111H206O8P2. The Morgan fingerprint density at radius 3 is 0.612 bits per heavy atom. The summed E-state index contributed by atoms with van der Waals surface area (Å²) < 4.78 is 7.12. The maximum absolute atomic E-state index is 14.5. The molecule has 0 bridgehead atoms. The van der Waals surface area contributed by atoms with E-state index in [0.717, 1.165) is 82.6 Å². The summed E-state index contributed by atoms with van der Waals surface area (Å²) in [4.78, 5) is 57.3. The molecule has 3 aromatic carbocycles. The molecular weight excluding hydrogens is 1520 g/mol. The summed E-state index contributed by atoms with van der Waals surface area (Å²) >= 11 is 0. The van der Waals surface area contributed by atoms with Crippen LogP contribution in [-0.4, -0.2) is 34.9 Å². The predicted octanol–water partition coefficient (Wildman–Crippen LogP) is 35.8. The van der Waals surface area contributed by atoms with Crippen LogP contribution in [0.1, 0.15) is 586 Å². The van der Waals surface area contributed by atoms with Crippen LogP contribution in [0.5, 0.6) is 17.2 Å². The van der Waals surface area contributed by atoms with Crippen molar-refractivity contribution in [1.29, 1.82) is 0 Å². The van der Waals surface area contributed by atoms with Gasteiger partial charge < -0.3 is 0 Å². The van der Waals surface area contributed by atoms with Crippen molar-refractivity contribution >= 4 is 31.1 Å². The summed E-state index contributed by atoms with van der Waals surface area (Å²) in [5, 5.41) is 37.9. The topological polar surface area (TPSA) is 151 Å². The molecule has 0 saturated carbocycles. The van der Waals surface area contributed by atoms with Gasteiger partial charge in [0.1, 0.15) is 0 Å². The minimum atomic E-state index is -6.37. The Labute approximate surface area is 752 Å². The SMILES string of the molecule is CCCCCCCCCCCCCC(CCCCCCCCCCCCC)(CCCCCCCCCCCCC)C(C)(c1cc([PH](O)(O)OP(O)(O)(c2cc(C(C)(C)C)c(O)cc2C)c2cc(C(C)(C)C)c(O)cc2C)c(C)cc1O)C(CCCCCCCCCCCCC)(CCCCCCCCCCCCC)CCCCCCCCCCCCC. The van der Waals surface area contributed by atoms with Crippen molar-refractivity contribution in [3.05, 3.63) is 69.8 Å². The minimum Gasteiger partial charge on any atom is -0.0654 e. The van der Waals surface area contributed by atoms with Crippen LogP contribution >= 0.6 is 15.2 Å². The number of phenolic OH excluding ortho intramolecular Hbond substituents is 3. The van der Waals surface area contributed by atoms with Gasteiger partial charge in [-0.25, -0.2) is 0 Å². The van der Waals surface area contributed by atoms with Gasteiger partial charge in [-0.3, -0.25) is 0 Å². The summed E-state index contributed by atoms with van der Waals surface area (Å²) in [5.74, 6) is 0.210. The van der Waals surface area contributed by atoms with Crippen LogP contribution in [0.4, 0.5) is 0 Å². The Morgan fingerprint density at radius 2 is 0.421 bits per heavy atom. The van der Waals surface area contributed by atoms with E-state index in [0.29, 0.717) is 27.8 Å². The van der Waals surface area contributed by atoms with Crippen molar-refractivity contribution in [1.82, 2.24) is 0 Å². The molecule has 0 spiro atoms. The molecule has 121 heavy (non-hydrogen) atoms. The zero-order chi connectivity index (χ0) is 89.2. The van der Waals surface area contributed by atoms with Gasteiger partial charge in [0.2, 0.25) is 0 Å². The van der Waals surface area contributed by atoms with Crippen molar-refractivity contribution < 1.29 is 39.2 Å². The minimum absolute atomic E-state index is 0.00385. The van der Waals surface area contributed by atoms with Gasteiger partial charge in [-0.2, -0.15) is 0 Å². The standard InChI is InChI=1S/C111H206O8P2/c1-17-23-29-35-41-47-53-59-65-71-77-83-110(84-78-72-66-60-54-48-42-36-30-24-18-2,85-79-73-67-61-55-49-43-37-31-25-19-3)109(16,111(86-80-74-68-62-56-50-44-38-32-26-20-4,87-81-75-69-63-57-51-45-39-33-27-21-5)88-82-76-70-64-58-52-46-40-34-28-22-6)100-92-104(95(7)89-103(100)114)120(115,116)119-121(117,118,105-93-98(107(10,11)12)101(112)90-96(105)8)106-94-99(108(13,14)15)102(113)91-97(106)9/h89-94,112-118,120H,17-88H2,1-16H3. The third-order valence-corrected chi connectivity index (χ3v) is 35.7. The first-order valence-electron chi connectivity index (χ1n) is 53.2. The Kier molecular flexibility index (Phi) is 59.4. The molecule has 0 saturated heterocycles. The molecule has 708 valence electrons. The summed E-state index contributed by atoms with van der Waals surface area (Å²) in [5.41, 5.74) is 0.107. The number of rotatable bonds is 80. The second-order valence-corrected chi connectivity index (χ2v) is 47.4. The number of unbranched alkanes of at least 4 members (excludes halogenated alkanes) is 60. The van der Waals surface area contributed by atoms with Crippen LogP contribution in [0.25, 0.3) is 0 Å². The normalized spacial score (nSPS) is 13.3. The zero-order valence-corrected chi connectivity index (χ0v) is 85.3. The van der Waals surface area contributed by atoms with Gasteiger partial charge in [0.25, 0.3) is 0 Å². The monoisotopic (exact) mass is 1730 g/mol. The van der Waals surface area contributed by atoms with Crippen LogP contribution in [0, 0.1) is 31.6 Å². The predicted molar refractivity (Wildman–Crippen MR) is 539 cm³/mol. The van der Waals surface area contributed by atoms with Gasteiger partial charge in [0.15, 0.2) is 0 Å². The van der Waals surface area contributed by atoms with Gasteiger partial charge in [0, 0.05) is 0 Å². The number of aryl methyl sites for hydroxylation is 3. The van der Waals surface area contributed by atoms with Crippen molar-refractivity contribution in [2.75, 3.05) is 0 Å². The number of hydrogen-bond donors (Lipinski definition) is 7. The quantitative estimate of drug-likeness (QED) is 0.0218. The summed E-state index contributed by atoms with van der Waals surface area (Å²) in [6.07, 6.45) is 90.5. The molecule has 8 nitrogen and oxygen atoms in total. The van der Waals surface area contributed by atoms with Crippen LogP contribution in [0.3, 0.4) is 0 Å². The van der Waals surface area contributed by atoms with Gasteiger partial charge in [0.05, 0.1) is 0 Å². The second kappa shape index (κ2) is 63.7. The third kappa shape index (κ3) is 41.6. The van der Waals surface area contributed by atoms with E-state index < -0.39 is 31.5 Å². The molecule has 0 aromatic heterocycles. The van der Waals surface area contributed by atoms with Crippen molar-refractivity contribution in [3.8, 4) is 17.2 Å². The molecule has 0 aliphatic heterocycles. The molecule has 0 heterocycles. The summed E-state index contributed by atoms with van der Waals surface area (Å²) in [6.45, 7) is 33.8. The maximum atomic E-state index is 14.5. The fourth-order valence-electron chi connectivity index (χ4n) is 21.5. The van der Waals surface area contributed by atoms with E-state index in [1.54, 1.807) is 38.1 Å². The van der Waals surface area contributed by atoms with Crippen molar-refractivity contribution in [2.45, 2.75) is 589 Å². The van der Waals surface area contributed by atoms with Gasteiger partial charge in [-0.1, -0.05) is 234 Å². The van der Waals surface area contributed by atoms with E-state index >= 15 is 0 Å². The van der Waals surface area contributed by atoms with Crippen LogP contribution in [0.2, 0.25) is 0 Å². The molecule has 3 rings (SSSR count). The molecule has 0 fully saturated rings. The first kappa shape index (κ1) is 113. The fourth-order valence-corrected chi connectivity index (χ4v) is 28.0. The Hall–Kier alpha value is -2.28. The molecule has 10 heteroatoms. The van der Waals surface area contributed by atoms with Crippen molar-refractivity contribution in [2.24, 2.45) is 10.8 Å². The number of benzene rings is 3. The third-order valence-electron chi connectivity index (χ3n) is 29.3. The first-order valence-corrected chi connectivity index (χ1v) is 57.0. The molecule has 3 aromatic rings. The first-order chi connectivity index (χ1) is 58.0. The van der Waals surface area contributed by atoms with Gasteiger partial charge in [-0.05, 0) is 0 Å². The van der Waals surface area contributed by atoms with E-state index in [1.165, 1.54) is 385 Å².